The number of rotatable bonds is 8. The van der Waals surface area contributed by atoms with Crippen molar-refractivity contribution in [3.05, 3.63) is 246 Å². The maximum atomic E-state index is 7.24. The summed E-state index contributed by atoms with van der Waals surface area (Å²) in [5.41, 5.74) is 24.1. The molecule has 2 aliphatic carbocycles. The van der Waals surface area contributed by atoms with Gasteiger partial charge in [0.1, 0.15) is 11.5 Å². The second kappa shape index (κ2) is 18.3. The number of allylic oxidation sites excluding steroid dienone is 3. The van der Waals surface area contributed by atoms with E-state index in [4.69, 9.17) is 4.74 Å². The first-order valence-electron chi connectivity index (χ1n) is 29.4. The predicted molar refractivity (Wildman–Crippen MR) is 343 cm³/mol. The van der Waals surface area contributed by atoms with Crippen LogP contribution in [-0.2, 0) is 6.42 Å². The van der Waals surface area contributed by atoms with Crippen molar-refractivity contribution < 1.29 is 4.74 Å². The van der Waals surface area contributed by atoms with Gasteiger partial charge in [-0.1, -0.05) is 168 Å². The highest BCUT2D eigenvalue weighted by Crippen LogP contribution is 2.50. The molecule has 392 valence electrons. The number of hydrogen-bond donors (Lipinski definition) is 0. The molecule has 0 N–H and O–H groups in total. The van der Waals surface area contributed by atoms with E-state index in [1.807, 2.05) is 0 Å². The van der Waals surface area contributed by atoms with Gasteiger partial charge >= 0.3 is 0 Å². The average molecular weight is 1050 g/mol. The third-order valence-electron chi connectivity index (χ3n) is 18.5. The number of fused-ring (bicyclic) bond motifs is 14. The van der Waals surface area contributed by atoms with Crippen molar-refractivity contribution in [3.8, 4) is 28.6 Å². The molecule has 2 atom stereocenters. The Bertz CT molecular complexity index is 4570. The summed E-state index contributed by atoms with van der Waals surface area (Å²) < 4.78 is 14.7. The fourth-order valence-corrected chi connectivity index (χ4v) is 14.8. The van der Waals surface area contributed by atoms with E-state index < -0.39 is 0 Å². The average Bonchev–Trinajstić information content (AvgIpc) is 4.26. The number of para-hydroxylation sites is 4. The monoisotopic (exact) mass is 1050 g/mol. The molecule has 81 heavy (non-hydrogen) atoms. The smallest absolute Gasteiger partial charge is 0.251 e. The summed E-state index contributed by atoms with van der Waals surface area (Å²) in [6.07, 6.45) is 16.0. The third kappa shape index (κ3) is 7.18. The van der Waals surface area contributed by atoms with Crippen LogP contribution in [-0.4, -0.2) is 26.5 Å². The molecule has 5 nitrogen and oxygen atoms in total. The van der Waals surface area contributed by atoms with Crippen LogP contribution in [0.2, 0.25) is 0 Å². The fraction of sp³-hybridized carbons (Fsp3) is 0.173. The predicted octanol–water partition coefficient (Wildman–Crippen LogP) is 17.5. The lowest BCUT2D eigenvalue weighted by Gasteiger charge is -2.34. The van der Waals surface area contributed by atoms with Crippen LogP contribution in [0.1, 0.15) is 105 Å². The first kappa shape index (κ1) is 48.0. The van der Waals surface area contributed by atoms with Crippen LogP contribution in [0.15, 0.2) is 212 Å². The first-order valence-corrected chi connectivity index (χ1v) is 29.4. The molecule has 5 heterocycles. The lowest BCUT2D eigenvalue weighted by Crippen LogP contribution is -2.57. The summed E-state index contributed by atoms with van der Waals surface area (Å²) in [6, 6.07) is 68.9. The summed E-state index contributed by atoms with van der Waals surface area (Å²) in [6.45, 7) is 14.1. The topological polar surface area (TPSA) is 27.3 Å². The minimum Gasteiger partial charge on any atom is -0.458 e. The van der Waals surface area contributed by atoms with Crippen LogP contribution in [0.4, 0.5) is 11.4 Å². The molecule has 2 unspecified atom stereocenters. The Balaban J connectivity index is 0.883. The van der Waals surface area contributed by atoms with Crippen LogP contribution in [0, 0.1) is 0 Å². The normalized spacial score (nSPS) is 16.2. The molecule has 3 aromatic heterocycles. The van der Waals surface area contributed by atoms with Crippen molar-refractivity contribution in [2.75, 3.05) is 4.90 Å². The number of nitrogens with zero attached hydrogens (tertiary/aromatic N) is 4. The van der Waals surface area contributed by atoms with E-state index >= 15 is 0 Å². The van der Waals surface area contributed by atoms with Gasteiger partial charge in [-0.3, -0.25) is 0 Å². The van der Waals surface area contributed by atoms with Crippen LogP contribution in [0.5, 0.6) is 11.5 Å². The Kier molecular flexibility index (Phi) is 10.8. The highest BCUT2D eigenvalue weighted by Gasteiger charge is 2.41. The summed E-state index contributed by atoms with van der Waals surface area (Å²) in [5.74, 6) is 3.01. The largest absolute Gasteiger partial charge is 0.458 e. The molecule has 4 aliphatic rings. The van der Waals surface area contributed by atoms with E-state index in [-0.39, 0.29) is 18.7 Å². The van der Waals surface area contributed by atoms with Gasteiger partial charge in [-0.2, -0.15) is 0 Å². The highest BCUT2D eigenvalue weighted by molar-refractivity contribution is 6.97. The molecule has 2 aliphatic heterocycles. The third-order valence-corrected chi connectivity index (χ3v) is 18.5. The molecule has 0 spiro atoms. The van der Waals surface area contributed by atoms with Crippen molar-refractivity contribution in [2.45, 2.75) is 84.1 Å². The number of aromatic nitrogens is 3. The molecule has 9 aromatic carbocycles. The molecule has 0 fully saturated rings. The Labute approximate surface area is 474 Å². The quantitative estimate of drug-likeness (QED) is 0.142. The van der Waals surface area contributed by atoms with E-state index in [9.17, 15) is 0 Å². The van der Waals surface area contributed by atoms with E-state index in [2.05, 4.69) is 279 Å². The van der Waals surface area contributed by atoms with E-state index in [0.717, 1.165) is 24.3 Å². The minimum absolute atomic E-state index is 0.101. The molecule has 0 saturated carbocycles. The molecule has 6 heteroatoms. The summed E-state index contributed by atoms with van der Waals surface area (Å²) in [5, 5.41) is 6.37. The number of ether oxygens (including phenoxy) is 1. The zero-order valence-corrected chi connectivity index (χ0v) is 46.9. The van der Waals surface area contributed by atoms with Gasteiger partial charge in [0.05, 0.1) is 33.6 Å². The molecule has 12 aromatic rings. The van der Waals surface area contributed by atoms with E-state index in [0.29, 0.717) is 17.8 Å². The minimum atomic E-state index is -0.101. The molecular weight excluding hydrogens is 984 g/mol. The second-order valence-electron chi connectivity index (χ2n) is 24.0. The Hall–Kier alpha value is -9.00. The maximum absolute atomic E-state index is 7.24. The Morgan fingerprint density at radius 3 is 1.57 bits per heavy atom. The van der Waals surface area contributed by atoms with Gasteiger partial charge in [-0.15, -0.1) is 0 Å². The summed E-state index contributed by atoms with van der Waals surface area (Å²) in [7, 11) is 0. The van der Waals surface area contributed by atoms with Crippen LogP contribution in [0.25, 0.3) is 77.7 Å². The van der Waals surface area contributed by atoms with Gasteiger partial charge in [0.2, 0.25) is 0 Å². The van der Waals surface area contributed by atoms with Crippen molar-refractivity contribution in [3.63, 3.8) is 0 Å². The van der Waals surface area contributed by atoms with Gasteiger partial charge in [-0.25, -0.2) is 0 Å². The van der Waals surface area contributed by atoms with Gasteiger partial charge in [0, 0.05) is 72.5 Å². The first-order chi connectivity index (χ1) is 39.7. The van der Waals surface area contributed by atoms with Crippen molar-refractivity contribution in [1.82, 2.24) is 13.7 Å². The van der Waals surface area contributed by atoms with Crippen LogP contribution < -0.4 is 26.0 Å². The van der Waals surface area contributed by atoms with Crippen LogP contribution in [0.3, 0.4) is 0 Å². The van der Waals surface area contributed by atoms with Crippen LogP contribution >= 0.6 is 0 Å². The lowest BCUT2D eigenvalue weighted by molar-refractivity contribution is 0.487. The van der Waals surface area contributed by atoms with Gasteiger partial charge in [-0.05, 0) is 161 Å². The summed E-state index contributed by atoms with van der Waals surface area (Å²) >= 11 is 0. The molecule has 0 radical (unpaired) electrons. The molecule has 0 amide bonds. The van der Waals surface area contributed by atoms with Gasteiger partial charge in [0.25, 0.3) is 6.71 Å². The summed E-state index contributed by atoms with van der Waals surface area (Å²) in [4.78, 5) is 2.60. The molecule has 16 rings (SSSR count). The van der Waals surface area contributed by atoms with E-state index in [1.165, 1.54) is 133 Å². The fourth-order valence-electron chi connectivity index (χ4n) is 14.8. The van der Waals surface area contributed by atoms with Crippen molar-refractivity contribution >= 4 is 95.1 Å². The maximum Gasteiger partial charge on any atom is 0.251 e. The number of benzene rings is 9. The highest BCUT2D eigenvalue weighted by atomic mass is 16.5. The number of anilines is 2. The second-order valence-corrected chi connectivity index (χ2v) is 24.0. The lowest BCUT2D eigenvalue weighted by atomic mass is 9.33. The van der Waals surface area contributed by atoms with E-state index in [1.54, 1.807) is 0 Å². The van der Waals surface area contributed by atoms with Gasteiger partial charge < -0.3 is 23.3 Å². The SMILES string of the molecule is CC(C)c1cc(C(C)C)c(B2c3cc(N4c5ccc(-n6c7ccccc7c7ccccc76)cc5C5C=CC=CC54)ccc3Oc3ccc(-n4c5c(c6cc(-n7c8ccccc8c8ccccc87)ccc64)C=CCC5)cc32)c(C(C)C)c1. The molecule has 0 saturated heterocycles. The van der Waals surface area contributed by atoms with Crippen molar-refractivity contribution in [1.29, 1.82) is 0 Å². The zero-order chi connectivity index (χ0) is 54.4. The number of hydrogen-bond acceptors (Lipinski definition) is 2. The van der Waals surface area contributed by atoms with Gasteiger partial charge in [0.15, 0.2) is 0 Å². The molecular formula is C75H63BN4O. The Morgan fingerprint density at radius 2 is 0.975 bits per heavy atom. The zero-order valence-electron chi connectivity index (χ0n) is 46.9. The van der Waals surface area contributed by atoms with Crippen molar-refractivity contribution in [2.24, 2.45) is 0 Å². The Morgan fingerprint density at radius 1 is 0.469 bits per heavy atom. The standard InChI is InChI=1S/C75H63BN4O/c1-45(2)48-39-59(46(3)4)75(60(40-48)47(5)6)76-63-43-51(79-69-29-17-11-23-57(69)61-41-49(31-35-71(61)79)77-65-25-13-7-19-53(65)54-20-8-14-26-66(54)77)33-37-73(63)81-74-38-34-52(44-64(74)76)80-70-30-18-12-24-58(70)62-42-50(32-36-72(62)80)78-67-27-15-9-21-55(67)56-22-10-16-28-68(56)78/h7-17,19-29,31-47,57,69H,18,30H2,1-6H3. The molecule has 0 bridgehead atoms.